The van der Waals surface area contributed by atoms with Gasteiger partial charge >= 0.3 is 0 Å². The van der Waals surface area contributed by atoms with Crippen molar-refractivity contribution >= 4 is 57.2 Å². The van der Waals surface area contributed by atoms with E-state index in [1.807, 2.05) is 30.1 Å². The standard InChI is InChI=1S/C16H11BrF2INOS.C2H6/c1-9-6-10(2-3-13(9)18)22-16-12(8-17)11-4-5-21(23-20)15(11)7-14(16)19;1-2/h2-7H,8H2,1H3;1-2H3. The van der Waals surface area contributed by atoms with Crippen molar-refractivity contribution in [3.63, 3.8) is 0 Å². The fourth-order valence-electron chi connectivity index (χ4n) is 2.38. The van der Waals surface area contributed by atoms with Crippen molar-refractivity contribution in [2.24, 2.45) is 0 Å². The molecule has 3 aromatic rings. The Kier molecular flexibility index (Phi) is 7.57. The van der Waals surface area contributed by atoms with Gasteiger partial charge in [0.2, 0.25) is 0 Å². The van der Waals surface area contributed by atoms with Gasteiger partial charge in [0.05, 0.1) is 5.52 Å². The summed E-state index contributed by atoms with van der Waals surface area (Å²) in [5.41, 5.74) is 1.97. The summed E-state index contributed by atoms with van der Waals surface area (Å²) in [5.74, 6) is -0.187. The molecule has 1 aromatic heterocycles. The van der Waals surface area contributed by atoms with Crippen molar-refractivity contribution in [2.75, 3.05) is 0 Å². The maximum Gasteiger partial charge on any atom is 0.168 e. The fourth-order valence-corrected chi connectivity index (χ4v) is 4.30. The van der Waals surface area contributed by atoms with E-state index in [1.165, 1.54) is 27.3 Å². The average molecular weight is 540 g/mol. The van der Waals surface area contributed by atoms with Gasteiger partial charge in [-0.25, -0.2) is 8.78 Å². The van der Waals surface area contributed by atoms with Gasteiger partial charge in [-0.1, -0.05) is 29.8 Å². The Morgan fingerprint density at radius 1 is 1.16 bits per heavy atom. The molecule has 0 aliphatic heterocycles. The summed E-state index contributed by atoms with van der Waals surface area (Å²) in [6.45, 7) is 5.64. The molecule has 0 spiro atoms. The van der Waals surface area contributed by atoms with Crippen LogP contribution in [0.25, 0.3) is 10.9 Å². The predicted molar refractivity (Wildman–Crippen MR) is 114 cm³/mol. The predicted octanol–water partition coefficient (Wildman–Crippen LogP) is 7.79. The SMILES string of the molecule is CC.Cc1cc(Oc2c(F)cc3c(ccn3SI)c2CBr)ccc1F. The van der Waals surface area contributed by atoms with Gasteiger partial charge in [-0.2, -0.15) is 0 Å². The molecule has 0 amide bonds. The first-order valence-electron chi connectivity index (χ1n) is 7.66. The summed E-state index contributed by atoms with van der Waals surface area (Å²) in [7, 11) is 1.47. The molecule has 0 fully saturated rings. The maximum absolute atomic E-state index is 14.6. The number of hydrogen-bond donors (Lipinski definition) is 0. The number of aromatic nitrogens is 1. The number of halogens is 4. The van der Waals surface area contributed by atoms with Crippen molar-refractivity contribution in [2.45, 2.75) is 26.1 Å². The monoisotopic (exact) mass is 539 g/mol. The molecule has 0 N–H and O–H groups in total. The third-order valence-electron chi connectivity index (χ3n) is 3.53. The van der Waals surface area contributed by atoms with E-state index >= 15 is 0 Å². The second-order valence-corrected chi connectivity index (χ2v) is 7.23. The van der Waals surface area contributed by atoms with Crippen LogP contribution in [0.5, 0.6) is 11.5 Å². The van der Waals surface area contributed by atoms with Crippen molar-refractivity contribution in [3.05, 3.63) is 59.3 Å². The zero-order valence-corrected chi connectivity index (χ0v) is 18.5. The summed E-state index contributed by atoms with van der Waals surface area (Å²) in [5, 5.41) is 1.37. The van der Waals surface area contributed by atoms with Gasteiger partial charge in [0.15, 0.2) is 11.6 Å². The van der Waals surface area contributed by atoms with Gasteiger partial charge in [0.1, 0.15) is 11.6 Å². The van der Waals surface area contributed by atoms with Gasteiger partial charge in [0, 0.05) is 58.9 Å². The van der Waals surface area contributed by atoms with Crippen LogP contribution in [0, 0.1) is 18.6 Å². The van der Waals surface area contributed by atoms with E-state index in [9.17, 15) is 8.78 Å². The molecule has 1 heterocycles. The van der Waals surface area contributed by atoms with E-state index in [-0.39, 0.29) is 11.6 Å². The average Bonchev–Trinajstić information content (AvgIpc) is 3.03. The highest BCUT2D eigenvalue weighted by Gasteiger charge is 2.18. The van der Waals surface area contributed by atoms with Crippen molar-refractivity contribution in [3.8, 4) is 11.5 Å². The second kappa shape index (κ2) is 9.23. The number of nitrogens with zero attached hydrogens (tertiary/aromatic N) is 1. The highest BCUT2D eigenvalue weighted by Crippen LogP contribution is 2.38. The Labute approximate surface area is 170 Å². The highest BCUT2D eigenvalue weighted by atomic mass is 127. The molecular weight excluding hydrogens is 523 g/mol. The third kappa shape index (κ3) is 4.31. The van der Waals surface area contributed by atoms with Crippen LogP contribution in [-0.2, 0) is 5.33 Å². The number of fused-ring (bicyclic) bond motifs is 1. The number of benzene rings is 2. The third-order valence-corrected chi connectivity index (χ3v) is 5.83. The van der Waals surface area contributed by atoms with Crippen LogP contribution in [0.15, 0.2) is 36.5 Å². The molecule has 0 saturated heterocycles. The number of rotatable bonds is 4. The molecule has 0 unspecified atom stereocenters. The van der Waals surface area contributed by atoms with E-state index in [2.05, 4.69) is 37.1 Å². The van der Waals surface area contributed by atoms with Gasteiger partial charge in [0.25, 0.3) is 0 Å². The minimum absolute atomic E-state index is 0.164. The number of hydrogen-bond acceptors (Lipinski definition) is 2. The Morgan fingerprint density at radius 3 is 2.48 bits per heavy atom. The van der Waals surface area contributed by atoms with E-state index < -0.39 is 5.82 Å². The molecule has 2 aromatic carbocycles. The van der Waals surface area contributed by atoms with E-state index in [0.717, 1.165) is 16.5 Å². The molecule has 2 nitrogen and oxygen atoms in total. The summed E-state index contributed by atoms with van der Waals surface area (Å²) in [6, 6.07) is 7.76. The molecule has 0 bridgehead atoms. The second-order valence-electron chi connectivity index (χ2n) is 4.96. The van der Waals surface area contributed by atoms with E-state index in [1.54, 1.807) is 13.0 Å². The molecule has 3 rings (SSSR count). The fraction of sp³-hybridized carbons (Fsp3) is 0.222. The van der Waals surface area contributed by atoms with Crippen LogP contribution in [0.1, 0.15) is 25.0 Å². The van der Waals surface area contributed by atoms with Gasteiger partial charge in [-0.15, -0.1) is 0 Å². The highest BCUT2D eigenvalue weighted by molar-refractivity contribution is 14.2. The molecule has 0 radical (unpaired) electrons. The van der Waals surface area contributed by atoms with E-state index in [4.69, 9.17) is 4.74 Å². The topological polar surface area (TPSA) is 14.2 Å². The molecule has 0 aliphatic rings. The van der Waals surface area contributed by atoms with Crippen LogP contribution < -0.4 is 4.74 Å². The normalized spacial score (nSPS) is 10.5. The van der Waals surface area contributed by atoms with Gasteiger partial charge in [-0.3, -0.25) is 3.97 Å². The van der Waals surface area contributed by atoms with Crippen molar-refractivity contribution < 1.29 is 13.5 Å². The largest absolute Gasteiger partial charge is 0.454 e. The Balaban J connectivity index is 0.00000109. The number of ether oxygens (including phenoxy) is 1. The van der Waals surface area contributed by atoms with Crippen molar-refractivity contribution in [1.29, 1.82) is 0 Å². The minimum Gasteiger partial charge on any atom is -0.454 e. The zero-order chi connectivity index (χ0) is 18.6. The molecule has 0 atom stereocenters. The van der Waals surface area contributed by atoms with Gasteiger partial charge in [-0.05, 0) is 36.8 Å². The molecule has 25 heavy (non-hydrogen) atoms. The quantitative estimate of drug-likeness (QED) is 0.248. The number of alkyl halides is 1. The van der Waals surface area contributed by atoms with Crippen LogP contribution in [-0.4, -0.2) is 3.97 Å². The molecule has 134 valence electrons. The summed E-state index contributed by atoms with van der Waals surface area (Å²) in [4.78, 5) is 0. The van der Waals surface area contributed by atoms with Crippen LogP contribution >= 0.6 is 46.3 Å². The first-order valence-corrected chi connectivity index (χ1v) is 12.1. The van der Waals surface area contributed by atoms with E-state index in [0.29, 0.717) is 16.6 Å². The molecule has 0 aliphatic carbocycles. The lowest BCUT2D eigenvalue weighted by Gasteiger charge is -2.13. The minimum atomic E-state index is -0.445. The van der Waals surface area contributed by atoms with Crippen molar-refractivity contribution in [1.82, 2.24) is 3.97 Å². The first kappa shape index (κ1) is 20.5. The summed E-state index contributed by atoms with van der Waals surface area (Å²) >= 11 is 5.56. The summed E-state index contributed by atoms with van der Waals surface area (Å²) < 4.78 is 35.6. The lowest BCUT2D eigenvalue weighted by atomic mass is 10.1. The molecule has 0 saturated carbocycles. The van der Waals surface area contributed by atoms with Gasteiger partial charge < -0.3 is 4.74 Å². The zero-order valence-electron chi connectivity index (χ0n) is 13.9. The van der Waals surface area contributed by atoms with Crippen LogP contribution in [0.2, 0.25) is 0 Å². The lowest BCUT2D eigenvalue weighted by Crippen LogP contribution is -1.96. The first-order chi connectivity index (χ1) is 12.0. The van der Waals surface area contributed by atoms with Crippen LogP contribution in [0.3, 0.4) is 0 Å². The Bertz CT molecular complexity index is 885. The maximum atomic E-state index is 14.6. The smallest absolute Gasteiger partial charge is 0.168 e. The lowest BCUT2D eigenvalue weighted by molar-refractivity contribution is 0.438. The Morgan fingerprint density at radius 2 is 1.88 bits per heavy atom. The van der Waals surface area contributed by atoms with Crippen LogP contribution in [0.4, 0.5) is 8.78 Å². The number of aryl methyl sites for hydroxylation is 1. The molecule has 7 heteroatoms. The summed E-state index contributed by atoms with van der Waals surface area (Å²) in [6.07, 6.45) is 1.89. The molecular formula is C18H17BrF2INOS. The Hall–Kier alpha value is -0.800.